The molecule has 1 fully saturated rings. The van der Waals surface area contributed by atoms with Crippen molar-refractivity contribution in [2.24, 2.45) is 0 Å². The van der Waals surface area contributed by atoms with Crippen LogP contribution in [-0.2, 0) is 16.6 Å². The molecule has 3 aromatic rings. The molecular weight excluding hydrogens is 435 g/mol. The SMILES string of the molecule is O=S(=O)(c1ccc(Cl)c(Cl)c1)N1CCN(Cc2nc(-c3ccccc3)no2)CC1. The largest absolute Gasteiger partial charge is 0.338 e. The number of aromatic nitrogens is 2. The summed E-state index contributed by atoms with van der Waals surface area (Å²) < 4.78 is 32.5. The fourth-order valence-corrected chi connectivity index (χ4v) is 4.94. The molecular formula is C19H18Cl2N4O3S. The molecule has 0 spiro atoms. The van der Waals surface area contributed by atoms with Crippen molar-refractivity contribution in [1.29, 1.82) is 0 Å². The van der Waals surface area contributed by atoms with Gasteiger partial charge in [-0.25, -0.2) is 8.42 Å². The van der Waals surface area contributed by atoms with Gasteiger partial charge < -0.3 is 4.52 Å². The topological polar surface area (TPSA) is 79.5 Å². The summed E-state index contributed by atoms with van der Waals surface area (Å²) in [6, 6.07) is 13.9. The molecule has 0 amide bonds. The van der Waals surface area contributed by atoms with E-state index >= 15 is 0 Å². The Kier molecular flexibility index (Phi) is 5.89. The van der Waals surface area contributed by atoms with Gasteiger partial charge in [0.1, 0.15) is 0 Å². The second-order valence-electron chi connectivity index (χ2n) is 6.63. The van der Waals surface area contributed by atoms with Crippen molar-refractivity contribution >= 4 is 33.2 Å². The van der Waals surface area contributed by atoms with Gasteiger partial charge in [0.15, 0.2) is 0 Å². The van der Waals surface area contributed by atoms with E-state index in [9.17, 15) is 8.42 Å². The Labute approximate surface area is 178 Å². The highest BCUT2D eigenvalue weighted by Crippen LogP contribution is 2.27. The summed E-state index contributed by atoms with van der Waals surface area (Å²) >= 11 is 11.9. The average molecular weight is 453 g/mol. The van der Waals surface area contributed by atoms with Crippen LogP contribution in [0.3, 0.4) is 0 Å². The minimum absolute atomic E-state index is 0.143. The molecule has 1 aromatic heterocycles. The molecule has 0 aliphatic carbocycles. The van der Waals surface area contributed by atoms with E-state index in [1.165, 1.54) is 22.5 Å². The zero-order valence-corrected chi connectivity index (χ0v) is 17.7. The summed E-state index contributed by atoms with van der Waals surface area (Å²) in [7, 11) is -3.62. The van der Waals surface area contributed by atoms with Gasteiger partial charge in [0.2, 0.25) is 21.7 Å². The van der Waals surface area contributed by atoms with Gasteiger partial charge in [-0.3, -0.25) is 4.90 Å². The van der Waals surface area contributed by atoms with Crippen molar-refractivity contribution in [3.63, 3.8) is 0 Å². The van der Waals surface area contributed by atoms with Gasteiger partial charge in [0, 0.05) is 31.7 Å². The molecule has 29 heavy (non-hydrogen) atoms. The van der Waals surface area contributed by atoms with E-state index in [1.807, 2.05) is 30.3 Å². The second kappa shape index (κ2) is 8.41. The molecule has 0 radical (unpaired) electrons. The van der Waals surface area contributed by atoms with Crippen molar-refractivity contribution in [1.82, 2.24) is 19.3 Å². The maximum Gasteiger partial charge on any atom is 0.243 e. The lowest BCUT2D eigenvalue weighted by Crippen LogP contribution is -2.48. The lowest BCUT2D eigenvalue weighted by atomic mass is 10.2. The summed E-state index contributed by atoms with van der Waals surface area (Å²) in [5.41, 5.74) is 0.889. The Balaban J connectivity index is 1.38. The van der Waals surface area contributed by atoms with Crippen molar-refractivity contribution in [3.05, 3.63) is 64.5 Å². The Morgan fingerprint density at radius 2 is 1.69 bits per heavy atom. The molecule has 7 nitrogen and oxygen atoms in total. The second-order valence-corrected chi connectivity index (χ2v) is 9.39. The Hall–Kier alpha value is -1.97. The average Bonchev–Trinajstić information content (AvgIpc) is 3.19. The number of rotatable bonds is 5. The smallest absolute Gasteiger partial charge is 0.243 e. The van der Waals surface area contributed by atoms with Gasteiger partial charge >= 0.3 is 0 Å². The predicted molar refractivity (Wildman–Crippen MR) is 110 cm³/mol. The maximum absolute atomic E-state index is 12.8. The maximum atomic E-state index is 12.8. The quantitative estimate of drug-likeness (QED) is 0.588. The summed E-state index contributed by atoms with van der Waals surface area (Å²) in [6.45, 7) is 2.32. The van der Waals surface area contributed by atoms with E-state index in [0.717, 1.165) is 5.56 Å². The van der Waals surface area contributed by atoms with Crippen molar-refractivity contribution in [3.8, 4) is 11.4 Å². The number of piperazine rings is 1. The van der Waals surface area contributed by atoms with Gasteiger partial charge in [0.25, 0.3) is 0 Å². The van der Waals surface area contributed by atoms with E-state index < -0.39 is 10.0 Å². The fraction of sp³-hybridized carbons (Fsp3) is 0.263. The van der Waals surface area contributed by atoms with E-state index in [2.05, 4.69) is 15.0 Å². The molecule has 1 aliphatic rings. The summed E-state index contributed by atoms with van der Waals surface area (Å²) in [4.78, 5) is 6.66. The molecule has 0 atom stereocenters. The number of hydrogen-bond acceptors (Lipinski definition) is 6. The van der Waals surface area contributed by atoms with Crippen LogP contribution >= 0.6 is 23.2 Å². The molecule has 0 bridgehead atoms. The highest BCUT2D eigenvalue weighted by atomic mass is 35.5. The third kappa shape index (κ3) is 4.46. The van der Waals surface area contributed by atoms with Gasteiger partial charge in [0.05, 0.1) is 21.5 Å². The zero-order valence-electron chi connectivity index (χ0n) is 15.3. The highest BCUT2D eigenvalue weighted by molar-refractivity contribution is 7.89. The van der Waals surface area contributed by atoms with E-state index in [4.69, 9.17) is 27.7 Å². The van der Waals surface area contributed by atoms with Crippen LogP contribution in [0.25, 0.3) is 11.4 Å². The van der Waals surface area contributed by atoms with Gasteiger partial charge in [-0.2, -0.15) is 9.29 Å². The minimum Gasteiger partial charge on any atom is -0.338 e. The normalized spacial score (nSPS) is 16.2. The van der Waals surface area contributed by atoms with Gasteiger partial charge in [-0.15, -0.1) is 0 Å². The minimum atomic E-state index is -3.62. The number of nitrogens with zero attached hydrogens (tertiary/aromatic N) is 4. The first-order valence-corrected chi connectivity index (χ1v) is 11.2. The van der Waals surface area contributed by atoms with E-state index in [1.54, 1.807) is 0 Å². The van der Waals surface area contributed by atoms with Crippen LogP contribution in [0.2, 0.25) is 10.0 Å². The molecule has 2 heterocycles. The Bertz CT molecular complexity index is 1100. The number of benzene rings is 2. The monoisotopic (exact) mass is 452 g/mol. The summed E-state index contributed by atoms with van der Waals surface area (Å²) in [5, 5.41) is 4.56. The standard InChI is InChI=1S/C19H18Cl2N4O3S/c20-16-7-6-15(12-17(16)21)29(26,27)25-10-8-24(9-11-25)13-18-22-19(23-28-18)14-4-2-1-3-5-14/h1-7,12H,8-11,13H2. The van der Waals surface area contributed by atoms with Crippen LogP contribution in [0.5, 0.6) is 0 Å². The third-order valence-corrected chi connectivity index (χ3v) is 7.35. The van der Waals surface area contributed by atoms with Gasteiger partial charge in [-0.05, 0) is 18.2 Å². The molecule has 0 N–H and O–H groups in total. The molecule has 1 saturated heterocycles. The van der Waals surface area contributed by atoms with Crippen molar-refractivity contribution in [2.45, 2.75) is 11.4 Å². The number of halogens is 2. The predicted octanol–water partition coefficient (Wildman–Crippen LogP) is 3.55. The lowest BCUT2D eigenvalue weighted by Gasteiger charge is -2.33. The van der Waals surface area contributed by atoms with Crippen LogP contribution in [0.15, 0.2) is 57.9 Å². The van der Waals surface area contributed by atoms with Crippen LogP contribution in [0.1, 0.15) is 5.89 Å². The first-order valence-electron chi connectivity index (χ1n) is 8.99. The highest BCUT2D eigenvalue weighted by Gasteiger charge is 2.29. The molecule has 0 saturated carbocycles. The van der Waals surface area contributed by atoms with Crippen LogP contribution < -0.4 is 0 Å². The molecule has 4 rings (SSSR count). The molecule has 1 aliphatic heterocycles. The molecule has 152 valence electrons. The molecule has 2 aromatic carbocycles. The molecule has 10 heteroatoms. The van der Waals surface area contributed by atoms with Crippen molar-refractivity contribution < 1.29 is 12.9 Å². The summed E-state index contributed by atoms with van der Waals surface area (Å²) in [5.74, 6) is 1.05. The summed E-state index contributed by atoms with van der Waals surface area (Å²) in [6.07, 6.45) is 0. The van der Waals surface area contributed by atoms with Crippen LogP contribution in [-0.4, -0.2) is 53.9 Å². The third-order valence-electron chi connectivity index (χ3n) is 4.72. The molecule has 0 unspecified atom stereocenters. The zero-order chi connectivity index (χ0) is 20.4. The number of sulfonamides is 1. The van der Waals surface area contributed by atoms with E-state index in [0.29, 0.717) is 49.5 Å². The van der Waals surface area contributed by atoms with Crippen LogP contribution in [0, 0.1) is 0 Å². The first-order chi connectivity index (χ1) is 13.9. The fourth-order valence-electron chi connectivity index (χ4n) is 3.13. The number of hydrogen-bond donors (Lipinski definition) is 0. The van der Waals surface area contributed by atoms with Crippen LogP contribution in [0.4, 0.5) is 0 Å². The van der Waals surface area contributed by atoms with Crippen molar-refractivity contribution in [2.75, 3.05) is 26.2 Å². The van der Waals surface area contributed by atoms with Gasteiger partial charge in [-0.1, -0.05) is 58.7 Å². The lowest BCUT2D eigenvalue weighted by molar-refractivity contribution is 0.163. The Morgan fingerprint density at radius 1 is 0.966 bits per heavy atom. The first kappa shape index (κ1) is 20.3. The van der Waals surface area contributed by atoms with E-state index in [-0.39, 0.29) is 9.92 Å². The Morgan fingerprint density at radius 3 is 2.38 bits per heavy atom.